The Bertz CT molecular complexity index is 1690. The minimum Gasteiger partial charge on any atom is -0.493 e. The van der Waals surface area contributed by atoms with Crippen LogP contribution in [0.2, 0.25) is 10.0 Å². The molecule has 0 atom stereocenters. The number of nitrogens with zero attached hydrogens (tertiary/aromatic N) is 3. The fraction of sp³-hybridized carbons (Fsp3) is 0.462. The van der Waals surface area contributed by atoms with E-state index in [9.17, 15) is 19.8 Å². The molecule has 0 bridgehead atoms. The van der Waals surface area contributed by atoms with Crippen molar-refractivity contribution in [2.75, 3.05) is 33.3 Å². The molecular weight excluding hydrogens is 693 g/mol. The molecule has 10 nitrogen and oxygen atoms in total. The molecule has 7 rings (SSSR count). The number of ether oxygens (including phenoxy) is 2. The number of benzene rings is 3. The lowest BCUT2D eigenvalue weighted by Crippen LogP contribution is -2.62. The normalized spacial score (nSPS) is 21.2. The molecule has 0 spiro atoms. The molecule has 4 aliphatic rings. The van der Waals surface area contributed by atoms with E-state index in [1.54, 1.807) is 71.5 Å². The molecule has 2 saturated heterocycles. The van der Waals surface area contributed by atoms with Gasteiger partial charge in [0.2, 0.25) is 0 Å². The average Bonchev–Trinajstić information content (AvgIpc) is 3.84. The van der Waals surface area contributed by atoms with Crippen molar-refractivity contribution >= 4 is 40.7 Å². The van der Waals surface area contributed by atoms with Crippen LogP contribution in [-0.2, 0) is 25.6 Å². The number of methoxy groups -OCH3 is 1. The molecule has 12 heteroatoms. The lowest BCUT2D eigenvalue weighted by molar-refractivity contribution is -0.175. The molecule has 0 aromatic heterocycles. The number of rotatable bonds is 8. The Morgan fingerprint density at radius 2 is 1.25 bits per heavy atom. The van der Waals surface area contributed by atoms with E-state index in [0.29, 0.717) is 32.8 Å². The van der Waals surface area contributed by atoms with Gasteiger partial charge in [-0.05, 0) is 105 Å². The van der Waals surface area contributed by atoms with Gasteiger partial charge in [-0.2, -0.15) is 0 Å². The summed E-state index contributed by atoms with van der Waals surface area (Å²) >= 11 is 12.2. The molecule has 2 amide bonds. The Labute approximate surface area is 307 Å². The van der Waals surface area contributed by atoms with Crippen molar-refractivity contribution < 1.29 is 34.1 Å². The summed E-state index contributed by atoms with van der Waals surface area (Å²) in [6, 6.07) is 19.6. The fourth-order valence-corrected chi connectivity index (χ4v) is 8.06. The number of halogens is 2. The highest BCUT2D eigenvalue weighted by atomic mass is 35.5. The number of oxime groups is 1. The van der Waals surface area contributed by atoms with Crippen LogP contribution in [-0.4, -0.2) is 82.5 Å². The summed E-state index contributed by atoms with van der Waals surface area (Å²) in [5.41, 5.74) is -1.68. The first-order chi connectivity index (χ1) is 24.5. The topological polar surface area (TPSA) is 121 Å². The molecule has 3 aliphatic heterocycles. The van der Waals surface area contributed by atoms with Crippen molar-refractivity contribution in [2.24, 2.45) is 5.16 Å². The van der Waals surface area contributed by atoms with Gasteiger partial charge in [-0.3, -0.25) is 9.59 Å². The van der Waals surface area contributed by atoms with Gasteiger partial charge >= 0.3 is 0 Å². The molecule has 3 heterocycles. The number of aliphatic hydroxyl groups is 2. The van der Waals surface area contributed by atoms with Gasteiger partial charge in [-0.1, -0.05) is 52.6 Å². The Balaban J connectivity index is 1.13. The second-order valence-electron chi connectivity index (χ2n) is 14.2. The Kier molecular flexibility index (Phi) is 9.97. The van der Waals surface area contributed by atoms with Crippen molar-refractivity contribution in [2.45, 2.75) is 80.7 Å². The van der Waals surface area contributed by atoms with Crippen LogP contribution in [0.25, 0.3) is 0 Å². The number of piperidine rings is 2. The zero-order valence-corrected chi connectivity index (χ0v) is 30.2. The maximum atomic E-state index is 14.6. The lowest BCUT2D eigenvalue weighted by Gasteiger charge is -2.43. The monoisotopic (exact) mass is 735 g/mol. The van der Waals surface area contributed by atoms with Crippen LogP contribution in [0.15, 0.2) is 71.9 Å². The van der Waals surface area contributed by atoms with Crippen molar-refractivity contribution in [3.63, 3.8) is 0 Å². The van der Waals surface area contributed by atoms with Crippen LogP contribution in [0.4, 0.5) is 0 Å². The zero-order valence-electron chi connectivity index (χ0n) is 28.7. The first kappa shape index (κ1) is 35.6. The second-order valence-corrected chi connectivity index (χ2v) is 15.1. The van der Waals surface area contributed by atoms with Crippen molar-refractivity contribution in [3.05, 3.63) is 93.5 Å². The number of amides is 2. The van der Waals surface area contributed by atoms with Gasteiger partial charge in [0.1, 0.15) is 0 Å². The molecule has 51 heavy (non-hydrogen) atoms. The van der Waals surface area contributed by atoms with Gasteiger partial charge in [-0.15, -0.1) is 0 Å². The summed E-state index contributed by atoms with van der Waals surface area (Å²) in [5, 5.41) is 28.6. The Morgan fingerprint density at radius 1 is 0.765 bits per heavy atom. The molecule has 1 aliphatic carbocycles. The molecular formula is C39H43Cl2N3O7. The average molecular weight is 737 g/mol. The molecule has 2 N–H and O–H groups in total. The van der Waals surface area contributed by atoms with E-state index in [-0.39, 0.29) is 64.4 Å². The second kappa shape index (κ2) is 14.3. The lowest BCUT2D eigenvalue weighted by atomic mass is 9.82. The van der Waals surface area contributed by atoms with Crippen molar-refractivity contribution in [1.82, 2.24) is 9.80 Å². The summed E-state index contributed by atoms with van der Waals surface area (Å²) in [4.78, 5) is 38.5. The number of carbonyl (C=O) groups excluding carboxylic acids is 2. The van der Waals surface area contributed by atoms with E-state index in [1.807, 2.05) is 12.1 Å². The third-order valence-corrected chi connectivity index (χ3v) is 11.5. The zero-order chi connectivity index (χ0) is 35.8. The van der Waals surface area contributed by atoms with Crippen LogP contribution in [0.1, 0.15) is 74.5 Å². The van der Waals surface area contributed by atoms with Gasteiger partial charge in [0.15, 0.2) is 11.5 Å². The maximum Gasteiger partial charge on any atom is 0.297 e. The first-order valence-electron chi connectivity index (χ1n) is 17.7. The summed E-state index contributed by atoms with van der Waals surface area (Å²) in [6.07, 6.45) is 5.26. The summed E-state index contributed by atoms with van der Waals surface area (Å²) in [7, 11) is 1.59. The quantitative estimate of drug-likeness (QED) is 0.264. The standard InChI is InChI=1S/C39H43Cl2N3O7/c1-49-33-15-6-26(24-34(33)50-31-4-2-3-5-31)32-25-39(51-42-32,35(45)43-20-16-37(47,17-21-43)27-7-11-29(40)12-8-27)36(46)44-22-18-38(48,19-23-44)28-9-13-30(41)14-10-28/h6-15,24,31,47-48H,2-5,16-23,25H2,1H3. The van der Waals surface area contributed by atoms with Crippen LogP contribution >= 0.6 is 23.2 Å². The van der Waals surface area contributed by atoms with E-state index >= 15 is 0 Å². The maximum absolute atomic E-state index is 14.6. The van der Waals surface area contributed by atoms with Crippen LogP contribution < -0.4 is 9.47 Å². The van der Waals surface area contributed by atoms with E-state index < -0.39 is 28.6 Å². The third kappa shape index (κ3) is 7.03. The minimum atomic E-state index is -1.95. The van der Waals surface area contributed by atoms with Crippen molar-refractivity contribution in [1.29, 1.82) is 0 Å². The van der Waals surface area contributed by atoms with Gasteiger partial charge in [0, 0.05) is 41.8 Å². The van der Waals surface area contributed by atoms with Crippen molar-refractivity contribution in [3.8, 4) is 11.5 Å². The van der Waals surface area contributed by atoms with Crippen LogP contribution in [0.3, 0.4) is 0 Å². The number of hydrogen-bond donors (Lipinski definition) is 2. The predicted molar refractivity (Wildman–Crippen MR) is 193 cm³/mol. The third-order valence-electron chi connectivity index (χ3n) is 11.0. The summed E-state index contributed by atoms with van der Waals surface area (Å²) < 4.78 is 11.9. The Morgan fingerprint density at radius 3 is 1.73 bits per heavy atom. The van der Waals surface area contributed by atoms with Crippen LogP contribution in [0.5, 0.6) is 11.5 Å². The molecule has 3 aromatic rings. The van der Waals surface area contributed by atoms with Crippen LogP contribution in [0, 0.1) is 0 Å². The molecule has 1 saturated carbocycles. The molecule has 3 aromatic carbocycles. The first-order valence-corrected chi connectivity index (χ1v) is 18.4. The SMILES string of the molecule is COc1ccc(C2=NOC(C(=O)N3CCC(O)(c4ccc(Cl)cc4)CC3)(C(=O)N3CCC(O)(c4ccc(Cl)cc4)CC3)C2)cc1OC1CCCC1. The highest BCUT2D eigenvalue weighted by Gasteiger charge is 2.58. The van der Waals surface area contributed by atoms with Gasteiger partial charge < -0.3 is 34.3 Å². The van der Waals surface area contributed by atoms with E-state index in [0.717, 1.165) is 36.8 Å². The molecule has 270 valence electrons. The summed E-state index contributed by atoms with van der Waals surface area (Å²) in [6.45, 7) is 0.849. The Hall–Kier alpha value is -3.83. The van der Waals surface area contributed by atoms with Gasteiger partial charge in [0.25, 0.3) is 17.4 Å². The molecule has 0 radical (unpaired) electrons. The smallest absolute Gasteiger partial charge is 0.297 e. The largest absolute Gasteiger partial charge is 0.493 e. The molecule has 0 unspecified atom stereocenters. The van der Waals surface area contributed by atoms with Gasteiger partial charge in [0.05, 0.1) is 36.5 Å². The van der Waals surface area contributed by atoms with Gasteiger partial charge in [-0.25, -0.2) is 0 Å². The molecule has 3 fully saturated rings. The number of hydrogen-bond acceptors (Lipinski definition) is 8. The summed E-state index contributed by atoms with van der Waals surface area (Å²) in [5.74, 6) is 0.166. The van der Waals surface area contributed by atoms with E-state index in [2.05, 4.69) is 5.16 Å². The number of carbonyl (C=O) groups is 2. The fourth-order valence-electron chi connectivity index (χ4n) is 7.81. The highest BCUT2D eigenvalue weighted by Crippen LogP contribution is 2.41. The number of likely N-dealkylation sites (tertiary alicyclic amines) is 2. The highest BCUT2D eigenvalue weighted by molar-refractivity contribution is 6.30. The minimum absolute atomic E-state index is 0.0875. The van der Waals surface area contributed by atoms with E-state index in [4.69, 9.17) is 37.5 Å². The predicted octanol–water partition coefficient (Wildman–Crippen LogP) is 6.21. The van der Waals surface area contributed by atoms with E-state index in [1.165, 1.54) is 0 Å².